The van der Waals surface area contributed by atoms with E-state index in [4.69, 9.17) is 10.5 Å². The molecule has 0 atom stereocenters. The summed E-state index contributed by atoms with van der Waals surface area (Å²) >= 11 is 1.62. The molecule has 1 aromatic carbocycles. The van der Waals surface area contributed by atoms with Gasteiger partial charge in [-0.3, -0.25) is 0 Å². The lowest BCUT2D eigenvalue weighted by Crippen LogP contribution is -2.02. The van der Waals surface area contributed by atoms with Crippen LogP contribution in [0.5, 0.6) is 5.75 Å². The molecule has 18 heavy (non-hydrogen) atoms. The van der Waals surface area contributed by atoms with Gasteiger partial charge in [0.05, 0.1) is 6.61 Å². The van der Waals surface area contributed by atoms with Crippen LogP contribution < -0.4 is 10.5 Å². The number of ether oxygens (including phenoxy) is 1. The molecular formula is C12H16N4OS. The van der Waals surface area contributed by atoms with Gasteiger partial charge in [0.15, 0.2) is 5.16 Å². The Hall–Kier alpha value is -1.53. The fraction of sp³-hybridized carbons (Fsp3) is 0.333. The van der Waals surface area contributed by atoms with Crippen molar-refractivity contribution in [3.8, 4) is 5.75 Å². The van der Waals surface area contributed by atoms with Crippen LogP contribution in [0.4, 0.5) is 0 Å². The van der Waals surface area contributed by atoms with E-state index < -0.39 is 0 Å². The van der Waals surface area contributed by atoms with Crippen molar-refractivity contribution >= 4 is 11.8 Å². The molecule has 0 aliphatic heterocycles. The number of hydrogen-bond acceptors (Lipinski definition) is 5. The van der Waals surface area contributed by atoms with Gasteiger partial charge in [0, 0.05) is 19.3 Å². The van der Waals surface area contributed by atoms with Gasteiger partial charge in [-0.15, -0.1) is 10.2 Å². The quantitative estimate of drug-likeness (QED) is 0.632. The minimum atomic E-state index is 0.533. The Morgan fingerprint density at radius 2 is 2.33 bits per heavy atom. The van der Waals surface area contributed by atoms with E-state index in [-0.39, 0.29) is 0 Å². The summed E-state index contributed by atoms with van der Waals surface area (Å²) in [7, 11) is 1.92. The van der Waals surface area contributed by atoms with Gasteiger partial charge in [-0.05, 0) is 17.7 Å². The summed E-state index contributed by atoms with van der Waals surface area (Å²) in [6.45, 7) is 1.16. The maximum Gasteiger partial charge on any atom is 0.190 e. The summed E-state index contributed by atoms with van der Waals surface area (Å²) in [6, 6.07) is 7.84. The average molecular weight is 264 g/mol. The normalized spacial score (nSPS) is 10.6. The first-order chi connectivity index (χ1) is 8.79. The first kappa shape index (κ1) is 12.9. The summed E-state index contributed by atoms with van der Waals surface area (Å²) in [4.78, 5) is 0. The molecule has 2 aromatic rings. The molecule has 0 spiro atoms. The van der Waals surface area contributed by atoms with Gasteiger partial charge in [-0.1, -0.05) is 23.9 Å². The molecule has 0 amide bonds. The van der Waals surface area contributed by atoms with Crippen LogP contribution in [0.15, 0.2) is 35.7 Å². The molecule has 1 aromatic heterocycles. The van der Waals surface area contributed by atoms with Crippen LogP contribution in [-0.2, 0) is 13.6 Å². The van der Waals surface area contributed by atoms with Gasteiger partial charge in [-0.25, -0.2) is 0 Å². The van der Waals surface area contributed by atoms with Crippen molar-refractivity contribution in [3.63, 3.8) is 0 Å². The van der Waals surface area contributed by atoms with E-state index in [1.807, 2.05) is 35.9 Å². The van der Waals surface area contributed by atoms with Gasteiger partial charge in [-0.2, -0.15) is 0 Å². The SMILES string of the molecule is Cn1cnnc1SCCOc1cccc(CN)c1. The second-order valence-corrected chi connectivity index (χ2v) is 4.83. The van der Waals surface area contributed by atoms with Crippen molar-refractivity contribution < 1.29 is 4.74 Å². The van der Waals surface area contributed by atoms with Crippen LogP contribution in [0.25, 0.3) is 0 Å². The van der Waals surface area contributed by atoms with Gasteiger partial charge in [0.1, 0.15) is 12.1 Å². The lowest BCUT2D eigenvalue weighted by atomic mass is 10.2. The van der Waals surface area contributed by atoms with E-state index in [1.54, 1.807) is 18.1 Å². The van der Waals surface area contributed by atoms with Gasteiger partial charge < -0.3 is 15.0 Å². The highest BCUT2D eigenvalue weighted by Crippen LogP contribution is 2.16. The fourth-order valence-corrected chi connectivity index (χ4v) is 2.16. The lowest BCUT2D eigenvalue weighted by molar-refractivity contribution is 0.343. The predicted molar refractivity (Wildman–Crippen MR) is 71.6 cm³/mol. The van der Waals surface area contributed by atoms with E-state index in [0.717, 1.165) is 22.2 Å². The summed E-state index contributed by atoms with van der Waals surface area (Å²) in [5.41, 5.74) is 6.65. The zero-order valence-electron chi connectivity index (χ0n) is 10.2. The van der Waals surface area contributed by atoms with Gasteiger partial charge >= 0.3 is 0 Å². The number of hydrogen-bond donors (Lipinski definition) is 1. The Bertz CT molecular complexity index is 500. The Morgan fingerprint density at radius 3 is 3.06 bits per heavy atom. The molecule has 0 bridgehead atoms. The lowest BCUT2D eigenvalue weighted by Gasteiger charge is -2.06. The van der Waals surface area contributed by atoms with E-state index in [2.05, 4.69) is 10.2 Å². The number of nitrogens with two attached hydrogens (primary N) is 1. The summed E-state index contributed by atoms with van der Waals surface area (Å²) in [5.74, 6) is 1.69. The molecule has 0 unspecified atom stereocenters. The van der Waals surface area contributed by atoms with Crippen LogP contribution >= 0.6 is 11.8 Å². The third-order valence-electron chi connectivity index (χ3n) is 2.39. The van der Waals surface area contributed by atoms with Crippen molar-refractivity contribution in [2.24, 2.45) is 12.8 Å². The number of benzene rings is 1. The molecule has 1 heterocycles. The minimum Gasteiger partial charge on any atom is -0.493 e. The number of thioether (sulfide) groups is 1. The molecule has 2 rings (SSSR count). The molecule has 0 saturated carbocycles. The van der Waals surface area contributed by atoms with E-state index in [1.165, 1.54) is 0 Å². The van der Waals surface area contributed by atoms with E-state index in [9.17, 15) is 0 Å². The second kappa shape index (κ2) is 6.42. The Kier molecular flexibility index (Phi) is 4.60. The van der Waals surface area contributed by atoms with Crippen LogP contribution in [0.1, 0.15) is 5.56 Å². The molecule has 0 aliphatic rings. The van der Waals surface area contributed by atoms with Crippen molar-refractivity contribution in [1.82, 2.24) is 14.8 Å². The van der Waals surface area contributed by atoms with Gasteiger partial charge in [0.2, 0.25) is 0 Å². The zero-order valence-corrected chi connectivity index (χ0v) is 11.1. The third-order valence-corrected chi connectivity index (χ3v) is 3.39. The molecule has 2 N–H and O–H groups in total. The summed E-state index contributed by atoms with van der Waals surface area (Å²) in [5, 5.41) is 8.71. The maximum atomic E-state index is 5.65. The Morgan fingerprint density at radius 1 is 1.44 bits per heavy atom. The first-order valence-corrected chi connectivity index (χ1v) is 6.67. The fourth-order valence-electron chi connectivity index (χ4n) is 1.46. The number of rotatable bonds is 6. The summed E-state index contributed by atoms with van der Waals surface area (Å²) < 4.78 is 7.54. The van der Waals surface area contributed by atoms with Gasteiger partial charge in [0.25, 0.3) is 0 Å². The van der Waals surface area contributed by atoms with Crippen LogP contribution in [0.3, 0.4) is 0 Å². The Balaban J connectivity index is 1.76. The largest absolute Gasteiger partial charge is 0.493 e. The third kappa shape index (κ3) is 3.48. The molecule has 0 aliphatic carbocycles. The smallest absolute Gasteiger partial charge is 0.190 e. The molecule has 96 valence electrons. The molecule has 0 radical (unpaired) electrons. The highest BCUT2D eigenvalue weighted by molar-refractivity contribution is 7.99. The molecular weight excluding hydrogens is 248 g/mol. The molecule has 0 fully saturated rings. The van der Waals surface area contributed by atoms with Crippen molar-refractivity contribution in [1.29, 1.82) is 0 Å². The molecule has 6 heteroatoms. The molecule has 0 saturated heterocycles. The number of aromatic nitrogens is 3. The minimum absolute atomic E-state index is 0.533. The highest BCUT2D eigenvalue weighted by atomic mass is 32.2. The zero-order chi connectivity index (χ0) is 12.8. The predicted octanol–water partition coefficient (Wildman–Crippen LogP) is 1.44. The monoisotopic (exact) mass is 264 g/mol. The average Bonchev–Trinajstić information content (AvgIpc) is 2.81. The van der Waals surface area contributed by atoms with E-state index >= 15 is 0 Å². The number of nitrogens with zero attached hydrogens (tertiary/aromatic N) is 3. The maximum absolute atomic E-state index is 5.65. The van der Waals surface area contributed by atoms with Crippen molar-refractivity contribution in [3.05, 3.63) is 36.2 Å². The second-order valence-electron chi connectivity index (χ2n) is 3.77. The van der Waals surface area contributed by atoms with Crippen LogP contribution in [0.2, 0.25) is 0 Å². The molecule has 5 nitrogen and oxygen atoms in total. The van der Waals surface area contributed by atoms with E-state index in [0.29, 0.717) is 13.2 Å². The highest BCUT2D eigenvalue weighted by Gasteiger charge is 2.01. The van der Waals surface area contributed by atoms with Crippen LogP contribution in [0, 0.1) is 0 Å². The number of aryl methyl sites for hydroxylation is 1. The standard InChI is InChI=1S/C12H16N4OS/c1-16-9-14-15-12(16)18-6-5-17-11-4-2-3-10(7-11)8-13/h2-4,7,9H,5-6,8,13H2,1H3. The van der Waals surface area contributed by atoms with Crippen molar-refractivity contribution in [2.45, 2.75) is 11.7 Å². The summed E-state index contributed by atoms with van der Waals surface area (Å²) in [6.07, 6.45) is 1.69. The Labute approximate surface area is 110 Å². The first-order valence-electron chi connectivity index (χ1n) is 5.68. The topological polar surface area (TPSA) is 66.0 Å². The van der Waals surface area contributed by atoms with Crippen molar-refractivity contribution in [2.75, 3.05) is 12.4 Å². The van der Waals surface area contributed by atoms with Crippen LogP contribution in [-0.4, -0.2) is 27.1 Å².